The summed E-state index contributed by atoms with van der Waals surface area (Å²) in [5.74, 6) is 0. The molecule has 1 fully saturated rings. The van der Waals surface area contributed by atoms with E-state index >= 15 is 0 Å². The molecule has 2 rings (SSSR count). The van der Waals surface area contributed by atoms with Crippen LogP contribution in [0.15, 0.2) is 18.2 Å². The fourth-order valence-electron chi connectivity index (χ4n) is 2.21. The van der Waals surface area contributed by atoms with Gasteiger partial charge in [-0.15, -0.1) is 0 Å². The molecule has 0 spiro atoms. The molecule has 4 heteroatoms. The largest absolute Gasteiger partial charge is 0.394 e. The molecular weight excluding hydrogens is 226 g/mol. The van der Waals surface area contributed by atoms with Crippen molar-refractivity contribution < 1.29 is 10.2 Å². The number of aliphatic hydroxyl groups excluding tert-OH is 2. The van der Waals surface area contributed by atoms with Gasteiger partial charge in [-0.05, 0) is 30.5 Å². The number of hydrogen-bond donors (Lipinski definition) is 2. The van der Waals surface area contributed by atoms with Crippen molar-refractivity contribution in [3.05, 3.63) is 28.8 Å². The van der Waals surface area contributed by atoms with Crippen molar-refractivity contribution in [2.45, 2.75) is 25.5 Å². The normalized spacial score (nSPS) is 20.4. The van der Waals surface area contributed by atoms with Gasteiger partial charge in [0.25, 0.3) is 0 Å². The van der Waals surface area contributed by atoms with Gasteiger partial charge < -0.3 is 15.1 Å². The summed E-state index contributed by atoms with van der Waals surface area (Å²) < 4.78 is 0. The zero-order chi connectivity index (χ0) is 11.5. The third kappa shape index (κ3) is 2.17. The van der Waals surface area contributed by atoms with E-state index in [1.54, 1.807) is 0 Å². The summed E-state index contributed by atoms with van der Waals surface area (Å²) in [4.78, 5) is 2.17. The molecule has 0 aliphatic carbocycles. The van der Waals surface area contributed by atoms with Gasteiger partial charge in [0.15, 0.2) is 0 Å². The summed E-state index contributed by atoms with van der Waals surface area (Å²) in [5, 5.41) is 18.9. The highest BCUT2D eigenvalue weighted by molar-refractivity contribution is 6.31. The Labute approximate surface area is 100 Å². The van der Waals surface area contributed by atoms with E-state index in [9.17, 15) is 5.11 Å². The molecule has 0 bridgehead atoms. The summed E-state index contributed by atoms with van der Waals surface area (Å²) in [6.07, 6.45) is 2.13. The molecule has 1 aliphatic rings. The summed E-state index contributed by atoms with van der Waals surface area (Å²) in [5.41, 5.74) is 1.77. The Morgan fingerprint density at radius 2 is 2.19 bits per heavy atom. The van der Waals surface area contributed by atoms with E-state index < -0.39 is 0 Å². The van der Waals surface area contributed by atoms with Crippen LogP contribution in [0, 0.1) is 0 Å². The number of nitrogens with zero attached hydrogens (tertiary/aromatic N) is 1. The van der Waals surface area contributed by atoms with E-state index in [0.29, 0.717) is 5.02 Å². The van der Waals surface area contributed by atoms with E-state index in [1.165, 1.54) is 0 Å². The average Bonchev–Trinajstić information content (AvgIpc) is 2.77. The fraction of sp³-hybridized carbons (Fsp3) is 0.500. The van der Waals surface area contributed by atoms with Gasteiger partial charge in [0.1, 0.15) is 0 Å². The molecule has 0 saturated carbocycles. The zero-order valence-electron chi connectivity index (χ0n) is 9.06. The maximum absolute atomic E-state index is 9.25. The number of aliphatic hydroxyl groups is 2. The molecule has 1 atom stereocenters. The molecule has 0 aromatic heterocycles. The molecule has 1 aromatic carbocycles. The summed E-state index contributed by atoms with van der Waals surface area (Å²) in [6.45, 7) is 1.10. The molecular formula is C12H16ClNO2. The minimum absolute atomic E-state index is 0.0391. The number of benzene rings is 1. The summed E-state index contributed by atoms with van der Waals surface area (Å²) in [6, 6.07) is 5.85. The number of halogens is 1. The van der Waals surface area contributed by atoms with E-state index in [0.717, 1.165) is 30.6 Å². The predicted molar refractivity (Wildman–Crippen MR) is 64.8 cm³/mol. The van der Waals surface area contributed by atoms with Crippen LogP contribution in [-0.4, -0.2) is 29.4 Å². The van der Waals surface area contributed by atoms with Crippen LogP contribution < -0.4 is 4.90 Å². The van der Waals surface area contributed by atoms with Crippen molar-refractivity contribution in [3.8, 4) is 0 Å². The minimum atomic E-state index is -0.0391. The predicted octanol–water partition coefficient (Wildman–Crippen LogP) is 1.79. The van der Waals surface area contributed by atoms with E-state index in [2.05, 4.69) is 4.90 Å². The quantitative estimate of drug-likeness (QED) is 0.848. The number of rotatable bonds is 3. The first-order valence-corrected chi connectivity index (χ1v) is 5.91. The highest BCUT2D eigenvalue weighted by atomic mass is 35.5. The third-order valence-electron chi connectivity index (χ3n) is 3.13. The molecule has 88 valence electrons. The fourth-order valence-corrected chi connectivity index (χ4v) is 2.44. The van der Waals surface area contributed by atoms with Gasteiger partial charge >= 0.3 is 0 Å². The van der Waals surface area contributed by atoms with Gasteiger partial charge in [-0.2, -0.15) is 0 Å². The topological polar surface area (TPSA) is 43.7 Å². The van der Waals surface area contributed by atoms with Crippen molar-refractivity contribution in [3.63, 3.8) is 0 Å². The molecule has 1 unspecified atom stereocenters. The zero-order valence-corrected chi connectivity index (χ0v) is 9.82. The van der Waals surface area contributed by atoms with E-state index in [1.807, 2.05) is 18.2 Å². The van der Waals surface area contributed by atoms with Gasteiger partial charge in [0, 0.05) is 17.3 Å². The van der Waals surface area contributed by atoms with Crippen LogP contribution >= 0.6 is 11.6 Å². The Hall–Kier alpha value is -0.770. The molecule has 1 aliphatic heterocycles. The smallest absolute Gasteiger partial charge is 0.0696 e. The van der Waals surface area contributed by atoms with Crippen molar-refractivity contribution in [1.29, 1.82) is 0 Å². The Kier molecular flexibility index (Phi) is 3.69. The van der Waals surface area contributed by atoms with E-state index in [4.69, 9.17) is 16.7 Å². The van der Waals surface area contributed by atoms with Crippen LogP contribution in [0.1, 0.15) is 18.4 Å². The standard InChI is InChI=1S/C12H16ClNO2/c13-12-6-10(4-3-9(12)7-15)14-5-1-2-11(14)8-16/h3-4,6,11,15-16H,1-2,5,7-8H2. The molecule has 2 N–H and O–H groups in total. The van der Waals surface area contributed by atoms with Gasteiger partial charge in [-0.25, -0.2) is 0 Å². The highest BCUT2D eigenvalue weighted by Gasteiger charge is 2.24. The molecule has 1 aromatic rings. The molecule has 16 heavy (non-hydrogen) atoms. The maximum Gasteiger partial charge on any atom is 0.0696 e. The summed E-state index contributed by atoms with van der Waals surface area (Å²) in [7, 11) is 0. The Balaban J connectivity index is 2.23. The highest BCUT2D eigenvalue weighted by Crippen LogP contribution is 2.29. The first kappa shape index (κ1) is 11.7. The molecule has 1 heterocycles. The van der Waals surface area contributed by atoms with Gasteiger partial charge in [-0.3, -0.25) is 0 Å². The van der Waals surface area contributed by atoms with Gasteiger partial charge in [0.2, 0.25) is 0 Å². The second kappa shape index (κ2) is 5.04. The lowest BCUT2D eigenvalue weighted by Gasteiger charge is -2.25. The van der Waals surface area contributed by atoms with Crippen molar-refractivity contribution in [2.24, 2.45) is 0 Å². The van der Waals surface area contributed by atoms with Crippen LogP contribution in [0.2, 0.25) is 5.02 Å². The third-order valence-corrected chi connectivity index (χ3v) is 3.48. The molecule has 1 saturated heterocycles. The minimum Gasteiger partial charge on any atom is -0.394 e. The van der Waals surface area contributed by atoms with Crippen molar-refractivity contribution in [2.75, 3.05) is 18.1 Å². The Morgan fingerprint density at radius 1 is 1.38 bits per heavy atom. The first-order valence-electron chi connectivity index (χ1n) is 5.53. The lowest BCUT2D eigenvalue weighted by Crippen LogP contribution is -2.31. The Bertz CT molecular complexity index is 370. The SMILES string of the molecule is OCc1ccc(N2CCCC2CO)cc1Cl. The Morgan fingerprint density at radius 3 is 2.81 bits per heavy atom. The van der Waals surface area contributed by atoms with Crippen molar-refractivity contribution >= 4 is 17.3 Å². The average molecular weight is 242 g/mol. The van der Waals surface area contributed by atoms with Crippen LogP contribution in [0.3, 0.4) is 0 Å². The molecule has 3 nitrogen and oxygen atoms in total. The summed E-state index contributed by atoms with van der Waals surface area (Å²) >= 11 is 6.05. The van der Waals surface area contributed by atoms with E-state index in [-0.39, 0.29) is 19.3 Å². The number of anilines is 1. The second-order valence-electron chi connectivity index (χ2n) is 4.11. The number of hydrogen-bond acceptors (Lipinski definition) is 3. The molecule has 0 radical (unpaired) electrons. The van der Waals surface area contributed by atoms with Gasteiger partial charge in [-0.1, -0.05) is 17.7 Å². The lowest BCUT2D eigenvalue weighted by atomic mass is 10.2. The maximum atomic E-state index is 9.25. The monoisotopic (exact) mass is 241 g/mol. The van der Waals surface area contributed by atoms with Crippen LogP contribution in [0.5, 0.6) is 0 Å². The van der Waals surface area contributed by atoms with Crippen LogP contribution in [-0.2, 0) is 6.61 Å². The van der Waals surface area contributed by atoms with Gasteiger partial charge in [0.05, 0.1) is 19.3 Å². The molecule has 0 amide bonds. The second-order valence-corrected chi connectivity index (χ2v) is 4.51. The van der Waals surface area contributed by atoms with Crippen LogP contribution in [0.4, 0.5) is 5.69 Å². The van der Waals surface area contributed by atoms with Crippen LogP contribution in [0.25, 0.3) is 0 Å². The van der Waals surface area contributed by atoms with Crippen molar-refractivity contribution in [1.82, 2.24) is 0 Å². The first-order chi connectivity index (χ1) is 7.76. The lowest BCUT2D eigenvalue weighted by molar-refractivity contribution is 0.266.